The average molecular weight is 400 g/mol. The fourth-order valence-electron chi connectivity index (χ4n) is 2.32. The van der Waals surface area contributed by atoms with Gasteiger partial charge in [0, 0.05) is 14.1 Å². The van der Waals surface area contributed by atoms with E-state index in [1.807, 2.05) is 0 Å². The maximum atomic E-state index is 12.8. The first-order valence-electron chi connectivity index (χ1n) is 7.66. The highest BCUT2D eigenvalue weighted by atomic mass is 32.2. The summed E-state index contributed by atoms with van der Waals surface area (Å²) < 4.78 is 63.9. The van der Waals surface area contributed by atoms with Gasteiger partial charge in [-0.1, -0.05) is 17.0 Å². The molecule has 1 aromatic heterocycles. The number of halogens is 3. The van der Waals surface area contributed by atoms with Gasteiger partial charge < -0.3 is 4.84 Å². The fraction of sp³-hybridized carbons (Fsp3) is 0.250. The van der Waals surface area contributed by atoms with Crippen LogP contribution < -0.4 is 4.84 Å². The lowest BCUT2D eigenvalue weighted by Crippen LogP contribution is -2.22. The largest absolute Gasteiger partial charge is 0.416 e. The van der Waals surface area contributed by atoms with E-state index in [-0.39, 0.29) is 22.6 Å². The molecule has 3 rings (SSSR count). The monoisotopic (exact) mass is 400 g/mol. The van der Waals surface area contributed by atoms with E-state index in [1.54, 1.807) is 0 Å². The maximum absolute atomic E-state index is 12.8. The minimum atomic E-state index is -4.45. The molecule has 3 aromatic rings. The van der Waals surface area contributed by atoms with Gasteiger partial charge in [-0.2, -0.15) is 13.2 Å². The van der Waals surface area contributed by atoms with Crippen LogP contribution in [0.5, 0.6) is 0 Å². The molecule has 0 aliphatic heterocycles. The van der Waals surface area contributed by atoms with Crippen molar-refractivity contribution in [2.75, 3.05) is 14.1 Å². The normalized spacial score (nSPS) is 12.7. The van der Waals surface area contributed by atoms with Crippen molar-refractivity contribution in [3.8, 4) is 0 Å². The van der Waals surface area contributed by atoms with Gasteiger partial charge >= 0.3 is 6.18 Å². The van der Waals surface area contributed by atoms with Gasteiger partial charge in [0.2, 0.25) is 10.0 Å². The first-order valence-corrected chi connectivity index (χ1v) is 9.10. The quantitative estimate of drug-likeness (QED) is 0.657. The SMILES string of the molecule is CN(C)S(=O)(=O)c1ccc2nnn(OCc3cccc(C(F)(F)F)c3)c2c1. The Balaban J connectivity index is 1.88. The Hall–Kier alpha value is -2.66. The summed E-state index contributed by atoms with van der Waals surface area (Å²) in [5, 5.41) is 7.62. The van der Waals surface area contributed by atoms with Crippen molar-refractivity contribution < 1.29 is 26.4 Å². The molecule has 0 N–H and O–H groups in total. The summed E-state index contributed by atoms with van der Waals surface area (Å²) in [6, 6.07) is 8.91. The zero-order valence-corrected chi connectivity index (χ0v) is 15.1. The summed E-state index contributed by atoms with van der Waals surface area (Å²) in [6.07, 6.45) is -4.45. The van der Waals surface area contributed by atoms with Crippen molar-refractivity contribution in [3.63, 3.8) is 0 Å². The van der Waals surface area contributed by atoms with Crippen molar-refractivity contribution in [1.29, 1.82) is 0 Å². The molecule has 0 aliphatic carbocycles. The minimum absolute atomic E-state index is 0.0196. The highest BCUT2D eigenvalue weighted by Crippen LogP contribution is 2.29. The number of hydrogen-bond acceptors (Lipinski definition) is 5. The van der Waals surface area contributed by atoms with Crippen LogP contribution in [0.4, 0.5) is 13.2 Å². The molecule has 0 aliphatic rings. The Morgan fingerprint density at radius 2 is 1.89 bits per heavy atom. The summed E-state index contributed by atoms with van der Waals surface area (Å²) in [5.41, 5.74) is 0.165. The second-order valence-electron chi connectivity index (χ2n) is 5.87. The van der Waals surface area contributed by atoms with Gasteiger partial charge in [0.25, 0.3) is 0 Å². The average Bonchev–Trinajstić information content (AvgIpc) is 3.01. The van der Waals surface area contributed by atoms with E-state index in [0.717, 1.165) is 21.3 Å². The number of benzene rings is 2. The van der Waals surface area contributed by atoms with Crippen LogP contribution in [0.3, 0.4) is 0 Å². The highest BCUT2D eigenvalue weighted by molar-refractivity contribution is 7.89. The van der Waals surface area contributed by atoms with E-state index in [9.17, 15) is 21.6 Å². The molecule has 0 atom stereocenters. The molecule has 11 heteroatoms. The third-order valence-electron chi connectivity index (χ3n) is 3.77. The second kappa shape index (κ2) is 6.82. The molecule has 2 aromatic carbocycles. The Labute approximate surface area is 153 Å². The minimum Gasteiger partial charge on any atom is -0.390 e. The van der Waals surface area contributed by atoms with Crippen LogP contribution in [0.25, 0.3) is 11.0 Å². The smallest absolute Gasteiger partial charge is 0.390 e. The Bertz CT molecular complexity index is 1080. The van der Waals surface area contributed by atoms with Crippen LogP contribution in [-0.2, 0) is 22.8 Å². The molecule has 144 valence electrons. The van der Waals surface area contributed by atoms with E-state index in [1.165, 1.54) is 44.4 Å². The van der Waals surface area contributed by atoms with Crippen molar-refractivity contribution in [1.82, 2.24) is 19.5 Å². The summed E-state index contributed by atoms with van der Waals surface area (Å²) >= 11 is 0. The first kappa shape index (κ1) is 19.1. The molecule has 0 bridgehead atoms. The Kier molecular flexibility index (Phi) is 4.82. The summed E-state index contributed by atoms with van der Waals surface area (Å²) in [6.45, 7) is -0.201. The number of alkyl halides is 3. The maximum Gasteiger partial charge on any atom is 0.416 e. The van der Waals surface area contributed by atoms with E-state index in [0.29, 0.717) is 5.52 Å². The number of hydrogen-bond donors (Lipinski definition) is 0. The van der Waals surface area contributed by atoms with Crippen molar-refractivity contribution in [2.45, 2.75) is 17.7 Å². The summed E-state index contributed by atoms with van der Waals surface area (Å²) in [4.78, 5) is 6.42. The van der Waals surface area contributed by atoms with Crippen LogP contribution in [0, 0.1) is 0 Å². The third kappa shape index (κ3) is 3.88. The van der Waals surface area contributed by atoms with Crippen LogP contribution in [0.1, 0.15) is 11.1 Å². The van der Waals surface area contributed by atoms with Crippen LogP contribution in [-0.4, -0.2) is 42.0 Å². The van der Waals surface area contributed by atoms with Crippen molar-refractivity contribution >= 4 is 21.1 Å². The summed E-state index contributed by atoms with van der Waals surface area (Å²) in [5.74, 6) is 0. The number of sulfonamides is 1. The molecular formula is C16H15F3N4O3S. The Morgan fingerprint density at radius 3 is 2.56 bits per heavy atom. The molecule has 0 unspecified atom stereocenters. The van der Waals surface area contributed by atoms with Gasteiger partial charge in [0.05, 0.1) is 10.5 Å². The highest BCUT2D eigenvalue weighted by Gasteiger charge is 2.30. The lowest BCUT2D eigenvalue weighted by atomic mass is 10.1. The first-order chi connectivity index (χ1) is 12.6. The molecule has 0 fully saturated rings. The number of nitrogens with zero attached hydrogens (tertiary/aromatic N) is 4. The number of fused-ring (bicyclic) bond motifs is 1. The topological polar surface area (TPSA) is 77.3 Å². The van der Waals surface area contributed by atoms with Gasteiger partial charge in [0.15, 0.2) is 0 Å². The van der Waals surface area contributed by atoms with Crippen molar-refractivity contribution in [3.05, 3.63) is 53.6 Å². The lowest BCUT2D eigenvalue weighted by molar-refractivity contribution is -0.137. The fourth-order valence-corrected chi connectivity index (χ4v) is 3.24. The number of rotatable bonds is 5. The van der Waals surface area contributed by atoms with E-state index in [4.69, 9.17) is 4.84 Å². The standard InChI is InChI=1S/C16H15F3N4O3S/c1-22(2)27(24,25)13-6-7-14-15(9-13)23(21-20-14)26-10-11-4-3-5-12(8-11)16(17,18)19/h3-9H,10H2,1-2H3. The predicted octanol–water partition coefficient (Wildman–Crippen LogP) is 2.33. The number of aromatic nitrogens is 3. The molecule has 1 heterocycles. The molecule has 27 heavy (non-hydrogen) atoms. The van der Waals surface area contributed by atoms with Gasteiger partial charge in [0.1, 0.15) is 17.6 Å². The van der Waals surface area contributed by atoms with E-state index in [2.05, 4.69) is 10.3 Å². The van der Waals surface area contributed by atoms with Gasteiger partial charge in [-0.05, 0) is 41.1 Å². The molecule has 0 radical (unpaired) electrons. The van der Waals surface area contributed by atoms with E-state index < -0.39 is 21.8 Å². The van der Waals surface area contributed by atoms with Crippen LogP contribution in [0.2, 0.25) is 0 Å². The van der Waals surface area contributed by atoms with Crippen LogP contribution >= 0.6 is 0 Å². The van der Waals surface area contributed by atoms with E-state index >= 15 is 0 Å². The van der Waals surface area contributed by atoms with Gasteiger partial charge in [-0.15, -0.1) is 5.10 Å². The molecule has 0 saturated heterocycles. The zero-order chi connectivity index (χ0) is 19.8. The van der Waals surface area contributed by atoms with Crippen LogP contribution in [0.15, 0.2) is 47.4 Å². The molecule has 0 spiro atoms. The predicted molar refractivity (Wildman–Crippen MR) is 90.1 cm³/mol. The third-order valence-corrected chi connectivity index (χ3v) is 5.58. The molecule has 0 amide bonds. The zero-order valence-electron chi connectivity index (χ0n) is 14.3. The Morgan fingerprint density at radius 1 is 1.15 bits per heavy atom. The summed E-state index contributed by atoms with van der Waals surface area (Å²) in [7, 11) is -0.864. The van der Waals surface area contributed by atoms with Gasteiger partial charge in [-0.25, -0.2) is 12.7 Å². The molecule has 7 nitrogen and oxygen atoms in total. The van der Waals surface area contributed by atoms with Crippen molar-refractivity contribution in [2.24, 2.45) is 0 Å². The molecule has 0 saturated carbocycles. The second-order valence-corrected chi connectivity index (χ2v) is 8.02. The lowest BCUT2D eigenvalue weighted by Gasteiger charge is -2.12. The van der Waals surface area contributed by atoms with Gasteiger partial charge in [-0.3, -0.25) is 0 Å². The molecular weight excluding hydrogens is 385 g/mol.